The van der Waals surface area contributed by atoms with E-state index in [2.05, 4.69) is 0 Å². The molecule has 178 valence electrons. The summed E-state index contributed by atoms with van der Waals surface area (Å²) >= 11 is 8.13. The fraction of sp³-hybridized carbons (Fsp3) is 0.462. The lowest BCUT2D eigenvalue weighted by molar-refractivity contribution is -0.137. The quantitative estimate of drug-likeness (QED) is 0.283. The molecule has 0 aliphatic heterocycles. The van der Waals surface area contributed by atoms with Gasteiger partial charge in [-0.3, -0.25) is 9.59 Å². The molecule has 1 aliphatic rings. The summed E-state index contributed by atoms with van der Waals surface area (Å²) in [7, 11) is 0. The molecule has 1 aromatic carbocycles. The molecule has 1 saturated carbocycles. The molecular formula is C26H31ClO5S. The van der Waals surface area contributed by atoms with E-state index in [1.165, 1.54) is 0 Å². The van der Waals surface area contributed by atoms with Crippen LogP contribution in [0.15, 0.2) is 48.6 Å². The van der Waals surface area contributed by atoms with Gasteiger partial charge < -0.3 is 15.3 Å². The van der Waals surface area contributed by atoms with Gasteiger partial charge in [-0.2, -0.15) is 0 Å². The van der Waals surface area contributed by atoms with E-state index >= 15 is 0 Å². The first-order valence-corrected chi connectivity index (χ1v) is 12.7. The summed E-state index contributed by atoms with van der Waals surface area (Å²) in [5, 5.41) is 31.5. The van der Waals surface area contributed by atoms with E-state index in [0.29, 0.717) is 44.9 Å². The van der Waals surface area contributed by atoms with Crippen molar-refractivity contribution in [1.82, 2.24) is 0 Å². The van der Waals surface area contributed by atoms with Gasteiger partial charge in [0.1, 0.15) is 5.78 Å². The number of aliphatic hydroxyl groups is 2. The number of benzene rings is 1. The lowest BCUT2D eigenvalue weighted by Crippen LogP contribution is -2.37. The van der Waals surface area contributed by atoms with Crippen molar-refractivity contribution >= 4 is 44.8 Å². The Hall–Kier alpha value is -1.99. The Balaban J connectivity index is 1.56. The molecule has 2 aromatic rings. The summed E-state index contributed by atoms with van der Waals surface area (Å²) in [5.74, 6) is -1.36. The van der Waals surface area contributed by atoms with E-state index in [1.54, 1.807) is 23.5 Å². The first-order valence-electron chi connectivity index (χ1n) is 11.5. The fourth-order valence-corrected chi connectivity index (χ4v) is 5.83. The predicted octanol–water partition coefficient (Wildman–Crippen LogP) is 5.56. The zero-order valence-corrected chi connectivity index (χ0v) is 20.1. The van der Waals surface area contributed by atoms with Crippen molar-refractivity contribution in [3.05, 3.63) is 58.5 Å². The number of unbranched alkanes of at least 4 members (excludes halogenated alkanes) is 1. The van der Waals surface area contributed by atoms with Gasteiger partial charge in [0.15, 0.2) is 0 Å². The van der Waals surface area contributed by atoms with Crippen LogP contribution in [0.5, 0.6) is 0 Å². The lowest BCUT2D eigenvalue weighted by atomic mass is 9.74. The molecule has 0 amide bonds. The first kappa shape index (κ1) is 25.6. The van der Waals surface area contributed by atoms with Crippen LogP contribution in [0.1, 0.15) is 49.8 Å². The van der Waals surface area contributed by atoms with Crippen molar-refractivity contribution in [3.63, 3.8) is 0 Å². The number of carbonyl (C=O) groups is 2. The number of carboxylic acids is 1. The number of thiophene rings is 1. The highest BCUT2D eigenvalue weighted by Gasteiger charge is 2.35. The maximum absolute atomic E-state index is 12.5. The van der Waals surface area contributed by atoms with E-state index in [-0.39, 0.29) is 24.0 Å². The molecule has 3 rings (SSSR count). The Labute approximate surface area is 203 Å². The van der Waals surface area contributed by atoms with Gasteiger partial charge in [0.2, 0.25) is 0 Å². The number of halogens is 1. The Morgan fingerprint density at radius 3 is 2.82 bits per heavy atom. The van der Waals surface area contributed by atoms with Crippen molar-refractivity contribution in [2.24, 2.45) is 11.8 Å². The van der Waals surface area contributed by atoms with Gasteiger partial charge in [0, 0.05) is 39.6 Å². The number of fused-ring (bicyclic) bond motifs is 1. The van der Waals surface area contributed by atoms with Crippen molar-refractivity contribution < 1.29 is 24.9 Å². The average molecular weight is 491 g/mol. The molecule has 1 aliphatic carbocycles. The topological polar surface area (TPSA) is 94.8 Å². The third-order valence-electron chi connectivity index (χ3n) is 6.15. The number of Topliss-reactive ketones (excluding diaryl/α,β-unsaturated/α-hetero) is 1. The number of ketones is 1. The molecule has 1 fully saturated rings. The third-order valence-corrected chi connectivity index (χ3v) is 7.93. The van der Waals surface area contributed by atoms with Crippen LogP contribution < -0.4 is 0 Å². The highest BCUT2D eigenvalue weighted by Crippen LogP contribution is 2.36. The zero-order valence-electron chi connectivity index (χ0n) is 18.5. The minimum absolute atomic E-state index is 0.122. The van der Waals surface area contributed by atoms with Gasteiger partial charge in [-0.05, 0) is 44.6 Å². The van der Waals surface area contributed by atoms with Crippen LogP contribution in [-0.4, -0.2) is 39.3 Å². The van der Waals surface area contributed by atoms with Gasteiger partial charge in [-0.25, -0.2) is 0 Å². The number of aliphatic carboxylic acids is 1. The summed E-state index contributed by atoms with van der Waals surface area (Å²) in [4.78, 5) is 24.1. The molecule has 0 radical (unpaired) electrons. The maximum atomic E-state index is 12.5. The van der Waals surface area contributed by atoms with Gasteiger partial charge in [0.25, 0.3) is 0 Å². The van der Waals surface area contributed by atoms with Crippen LogP contribution in [0, 0.1) is 11.8 Å². The largest absolute Gasteiger partial charge is 0.481 e. The van der Waals surface area contributed by atoms with Crippen molar-refractivity contribution in [2.75, 3.05) is 0 Å². The SMILES string of the molecule is O=C(O)CCCC=CC[C@H]1C(=O)CC[C@@H](O)[C@@H]1C=CC(O)CCc1sc2ccccc2c1Cl. The number of carboxylic acid groups (broad SMARTS) is 1. The van der Waals surface area contributed by atoms with Crippen LogP contribution >= 0.6 is 22.9 Å². The van der Waals surface area contributed by atoms with E-state index in [1.807, 2.05) is 36.4 Å². The molecule has 7 heteroatoms. The Morgan fingerprint density at radius 1 is 1.27 bits per heavy atom. The van der Waals surface area contributed by atoms with E-state index in [9.17, 15) is 19.8 Å². The van der Waals surface area contributed by atoms with Gasteiger partial charge in [0.05, 0.1) is 17.2 Å². The molecular weight excluding hydrogens is 460 g/mol. The van der Waals surface area contributed by atoms with Crippen LogP contribution in [0.2, 0.25) is 5.02 Å². The number of allylic oxidation sites excluding steroid dienone is 2. The smallest absolute Gasteiger partial charge is 0.303 e. The minimum atomic E-state index is -0.813. The normalized spacial score (nSPS) is 22.5. The van der Waals surface area contributed by atoms with Gasteiger partial charge in [-0.15, -0.1) is 11.3 Å². The van der Waals surface area contributed by atoms with E-state index < -0.39 is 18.2 Å². The van der Waals surface area contributed by atoms with Gasteiger partial charge >= 0.3 is 5.97 Å². The number of aryl methyl sites for hydroxylation is 1. The second kappa shape index (κ2) is 12.5. The second-order valence-corrected chi connectivity index (χ2v) is 10.1. The highest BCUT2D eigenvalue weighted by molar-refractivity contribution is 7.19. The third kappa shape index (κ3) is 7.24. The molecule has 3 N–H and O–H groups in total. The van der Waals surface area contributed by atoms with Crippen LogP contribution in [-0.2, 0) is 16.0 Å². The number of carbonyl (C=O) groups excluding carboxylic acids is 1. The number of hydrogen-bond acceptors (Lipinski definition) is 5. The molecule has 0 saturated heterocycles. The molecule has 0 spiro atoms. The summed E-state index contributed by atoms with van der Waals surface area (Å²) in [6.45, 7) is 0. The Morgan fingerprint density at radius 2 is 2.06 bits per heavy atom. The molecule has 5 nitrogen and oxygen atoms in total. The molecule has 1 aromatic heterocycles. The minimum Gasteiger partial charge on any atom is -0.481 e. The molecule has 33 heavy (non-hydrogen) atoms. The summed E-state index contributed by atoms with van der Waals surface area (Å²) in [6.07, 6.45) is 9.78. The number of aliphatic hydroxyl groups excluding tert-OH is 2. The average Bonchev–Trinajstić information content (AvgIpc) is 3.11. The molecule has 1 unspecified atom stereocenters. The monoisotopic (exact) mass is 490 g/mol. The number of hydrogen-bond donors (Lipinski definition) is 3. The molecule has 1 heterocycles. The van der Waals surface area contributed by atoms with Gasteiger partial charge in [-0.1, -0.05) is 54.1 Å². The van der Waals surface area contributed by atoms with Crippen LogP contribution in [0.25, 0.3) is 10.1 Å². The van der Waals surface area contributed by atoms with Crippen molar-refractivity contribution in [3.8, 4) is 0 Å². The van der Waals surface area contributed by atoms with Crippen LogP contribution in [0.4, 0.5) is 0 Å². The predicted molar refractivity (Wildman–Crippen MR) is 133 cm³/mol. The summed E-state index contributed by atoms with van der Waals surface area (Å²) in [5.41, 5.74) is 0. The zero-order chi connectivity index (χ0) is 23.8. The molecule has 4 atom stereocenters. The standard InChI is InChI=1S/C26H31ClO5S/c27-26-20-8-5-6-9-23(20)33-24(26)16-12-17(28)11-13-19-18(21(29)14-15-22(19)30)7-3-1-2-4-10-25(31)32/h1,3,5-6,8-9,11,13,17-19,22,28,30H,2,4,7,10,12,14-16H2,(H,31,32)/t17?,18-,19-,22-/m1/s1. The highest BCUT2D eigenvalue weighted by atomic mass is 35.5. The summed E-state index contributed by atoms with van der Waals surface area (Å²) < 4.78 is 1.13. The summed E-state index contributed by atoms with van der Waals surface area (Å²) in [6, 6.07) is 7.97. The van der Waals surface area contributed by atoms with Crippen molar-refractivity contribution in [2.45, 2.75) is 63.6 Å². The number of rotatable bonds is 11. The lowest BCUT2D eigenvalue weighted by Gasteiger charge is -2.32. The molecule has 0 bridgehead atoms. The van der Waals surface area contributed by atoms with E-state index in [0.717, 1.165) is 20.0 Å². The van der Waals surface area contributed by atoms with E-state index in [4.69, 9.17) is 16.7 Å². The second-order valence-electron chi connectivity index (χ2n) is 8.58. The van der Waals surface area contributed by atoms with Crippen molar-refractivity contribution in [1.29, 1.82) is 0 Å². The Kier molecular flexibility index (Phi) is 9.68. The fourth-order valence-electron chi connectivity index (χ4n) is 4.29. The first-order chi connectivity index (χ1) is 15.9. The Bertz CT molecular complexity index is 1010. The van der Waals surface area contributed by atoms with Crippen LogP contribution in [0.3, 0.4) is 0 Å². The maximum Gasteiger partial charge on any atom is 0.303 e.